The molecule has 0 atom stereocenters. The zero-order valence-corrected chi connectivity index (χ0v) is 16.8. The molecule has 2 fully saturated rings. The number of aryl methyl sites for hydroxylation is 1. The SMILES string of the molecule is Cc1nc(CC(C)C)sc1C(=O)NC1CCN(CC2CCCC2)CC1. The van der Waals surface area contributed by atoms with Gasteiger partial charge < -0.3 is 10.2 Å². The van der Waals surface area contributed by atoms with Crippen LogP contribution in [0.5, 0.6) is 0 Å². The summed E-state index contributed by atoms with van der Waals surface area (Å²) in [4.78, 5) is 20.6. The fourth-order valence-corrected chi connectivity index (χ4v) is 5.35. The van der Waals surface area contributed by atoms with Gasteiger partial charge in [-0.2, -0.15) is 0 Å². The number of hydrogen-bond donors (Lipinski definition) is 1. The number of rotatable bonds is 6. The lowest BCUT2D eigenvalue weighted by atomic mass is 10.0. The Morgan fingerprint density at radius 1 is 1.24 bits per heavy atom. The molecule has 140 valence electrons. The highest BCUT2D eigenvalue weighted by Crippen LogP contribution is 2.27. The normalized spacial score (nSPS) is 20.5. The van der Waals surface area contributed by atoms with Gasteiger partial charge in [0.05, 0.1) is 10.7 Å². The Bertz CT molecular complexity index is 569. The van der Waals surface area contributed by atoms with Gasteiger partial charge in [-0.25, -0.2) is 4.98 Å². The van der Waals surface area contributed by atoms with Crippen molar-refractivity contribution in [1.29, 1.82) is 0 Å². The van der Waals surface area contributed by atoms with Gasteiger partial charge in [0.15, 0.2) is 0 Å². The van der Waals surface area contributed by atoms with E-state index in [0.29, 0.717) is 12.0 Å². The zero-order valence-electron chi connectivity index (χ0n) is 16.0. The van der Waals surface area contributed by atoms with Crippen LogP contribution in [-0.2, 0) is 6.42 Å². The molecule has 1 aromatic heterocycles. The van der Waals surface area contributed by atoms with Crippen LogP contribution in [0.4, 0.5) is 0 Å². The summed E-state index contributed by atoms with van der Waals surface area (Å²) in [6.45, 7) is 9.86. The monoisotopic (exact) mass is 363 g/mol. The maximum absolute atomic E-state index is 12.6. The number of nitrogens with zero attached hydrogens (tertiary/aromatic N) is 2. The van der Waals surface area contributed by atoms with Crippen molar-refractivity contribution in [3.63, 3.8) is 0 Å². The Kier molecular flexibility index (Phi) is 6.50. The third kappa shape index (κ3) is 5.27. The molecule has 0 aromatic carbocycles. The number of aromatic nitrogens is 1. The fourth-order valence-electron chi connectivity index (χ4n) is 4.17. The van der Waals surface area contributed by atoms with E-state index in [9.17, 15) is 4.79 Å². The van der Waals surface area contributed by atoms with Crippen molar-refractivity contribution in [3.05, 3.63) is 15.6 Å². The predicted molar refractivity (Wildman–Crippen MR) is 104 cm³/mol. The molecule has 1 amide bonds. The second-order valence-electron chi connectivity index (χ2n) is 8.32. The minimum atomic E-state index is 0.0826. The molecule has 1 N–H and O–H groups in total. The zero-order chi connectivity index (χ0) is 17.8. The molecule has 1 saturated heterocycles. The highest BCUT2D eigenvalue weighted by atomic mass is 32.1. The number of carbonyl (C=O) groups is 1. The standard InChI is InChI=1S/C20H33N3OS/c1-14(2)12-18-21-15(3)19(25-18)20(24)22-17-8-10-23(11-9-17)13-16-6-4-5-7-16/h14,16-17H,4-13H2,1-3H3,(H,22,24). The van der Waals surface area contributed by atoms with E-state index in [1.54, 1.807) is 11.3 Å². The number of thiazole rings is 1. The van der Waals surface area contributed by atoms with Crippen molar-refractivity contribution in [2.24, 2.45) is 11.8 Å². The van der Waals surface area contributed by atoms with E-state index >= 15 is 0 Å². The summed E-state index contributed by atoms with van der Waals surface area (Å²) in [5.41, 5.74) is 0.886. The Labute approximate surface area is 156 Å². The fraction of sp³-hybridized carbons (Fsp3) is 0.800. The van der Waals surface area contributed by atoms with Crippen molar-refractivity contribution in [2.75, 3.05) is 19.6 Å². The van der Waals surface area contributed by atoms with Gasteiger partial charge in [0, 0.05) is 32.1 Å². The van der Waals surface area contributed by atoms with Crippen LogP contribution < -0.4 is 5.32 Å². The largest absolute Gasteiger partial charge is 0.348 e. The average molecular weight is 364 g/mol. The van der Waals surface area contributed by atoms with E-state index in [-0.39, 0.29) is 5.91 Å². The van der Waals surface area contributed by atoms with Crippen molar-refractivity contribution in [1.82, 2.24) is 15.2 Å². The molecule has 1 aromatic rings. The summed E-state index contributed by atoms with van der Waals surface area (Å²) in [6, 6.07) is 0.322. The summed E-state index contributed by atoms with van der Waals surface area (Å²) in [6.07, 6.45) is 8.79. The topological polar surface area (TPSA) is 45.2 Å². The Morgan fingerprint density at radius 3 is 2.56 bits per heavy atom. The van der Waals surface area contributed by atoms with Gasteiger partial charge in [-0.15, -0.1) is 11.3 Å². The van der Waals surface area contributed by atoms with Crippen molar-refractivity contribution in [2.45, 2.75) is 71.8 Å². The molecule has 25 heavy (non-hydrogen) atoms. The van der Waals surface area contributed by atoms with E-state index in [2.05, 4.69) is 29.0 Å². The van der Waals surface area contributed by atoms with Gasteiger partial charge in [-0.1, -0.05) is 26.7 Å². The molecule has 1 saturated carbocycles. The molecule has 1 aliphatic carbocycles. The van der Waals surface area contributed by atoms with Crippen LogP contribution in [0.3, 0.4) is 0 Å². The van der Waals surface area contributed by atoms with Gasteiger partial charge in [0.25, 0.3) is 5.91 Å². The quantitative estimate of drug-likeness (QED) is 0.830. The molecule has 5 heteroatoms. The number of carbonyl (C=O) groups excluding carboxylic acids is 1. The Hall–Kier alpha value is -0.940. The van der Waals surface area contributed by atoms with Crippen LogP contribution >= 0.6 is 11.3 Å². The van der Waals surface area contributed by atoms with E-state index in [4.69, 9.17) is 0 Å². The molecule has 4 nitrogen and oxygen atoms in total. The summed E-state index contributed by atoms with van der Waals surface area (Å²) in [5.74, 6) is 1.58. The molecule has 2 aliphatic rings. The Balaban J connectivity index is 1.46. The predicted octanol–water partition coefficient (Wildman–Crippen LogP) is 4.03. The summed E-state index contributed by atoms with van der Waals surface area (Å²) < 4.78 is 0. The maximum Gasteiger partial charge on any atom is 0.263 e. The molecule has 1 aliphatic heterocycles. The van der Waals surface area contributed by atoms with E-state index in [1.807, 2.05) is 6.92 Å². The number of nitrogens with one attached hydrogen (secondary N) is 1. The highest BCUT2D eigenvalue weighted by molar-refractivity contribution is 7.13. The number of likely N-dealkylation sites (tertiary alicyclic amines) is 1. The number of hydrogen-bond acceptors (Lipinski definition) is 4. The average Bonchev–Trinajstić information content (AvgIpc) is 3.18. The van der Waals surface area contributed by atoms with Gasteiger partial charge in [0.2, 0.25) is 0 Å². The van der Waals surface area contributed by atoms with E-state index < -0.39 is 0 Å². The Morgan fingerprint density at radius 2 is 1.92 bits per heavy atom. The molecule has 0 radical (unpaired) electrons. The van der Waals surface area contributed by atoms with Gasteiger partial charge in [0.1, 0.15) is 4.88 Å². The first-order chi connectivity index (χ1) is 12.0. The molecule has 3 rings (SSSR count). The lowest BCUT2D eigenvalue weighted by molar-refractivity contribution is 0.0909. The second-order valence-corrected chi connectivity index (χ2v) is 9.40. The second kappa shape index (κ2) is 8.63. The maximum atomic E-state index is 12.6. The first kappa shape index (κ1) is 18.8. The molecular weight excluding hydrogens is 330 g/mol. The van der Waals surface area contributed by atoms with E-state index in [0.717, 1.165) is 53.8 Å². The van der Waals surface area contributed by atoms with Crippen LogP contribution in [0.1, 0.15) is 72.7 Å². The third-order valence-electron chi connectivity index (χ3n) is 5.54. The van der Waals surface area contributed by atoms with Crippen LogP contribution in [0.15, 0.2) is 0 Å². The van der Waals surface area contributed by atoms with Crippen LogP contribution in [0, 0.1) is 18.8 Å². The van der Waals surface area contributed by atoms with Crippen LogP contribution in [-0.4, -0.2) is 41.5 Å². The van der Waals surface area contributed by atoms with Gasteiger partial charge in [-0.3, -0.25) is 4.79 Å². The molecule has 0 spiro atoms. The lowest BCUT2D eigenvalue weighted by Gasteiger charge is -2.33. The number of piperidine rings is 1. The highest BCUT2D eigenvalue weighted by Gasteiger charge is 2.25. The first-order valence-electron chi connectivity index (χ1n) is 10.0. The summed E-state index contributed by atoms with van der Waals surface area (Å²) in [5, 5.41) is 4.35. The smallest absolute Gasteiger partial charge is 0.263 e. The number of amides is 1. The first-order valence-corrected chi connectivity index (χ1v) is 10.8. The van der Waals surface area contributed by atoms with Crippen molar-refractivity contribution < 1.29 is 4.79 Å². The minimum absolute atomic E-state index is 0.0826. The van der Waals surface area contributed by atoms with Gasteiger partial charge in [-0.05, 0) is 44.4 Å². The molecular formula is C20H33N3OS. The van der Waals surface area contributed by atoms with Crippen molar-refractivity contribution in [3.8, 4) is 0 Å². The summed E-state index contributed by atoms with van der Waals surface area (Å²) >= 11 is 1.57. The van der Waals surface area contributed by atoms with Crippen LogP contribution in [0.2, 0.25) is 0 Å². The molecule has 0 unspecified atom stereocenters. The summed E-state index contributed by atoms with van der Waals surface area (Å²) in [7, 11) is 0. The van der Waals surface area contributed by atoms with Crippen LogP contribution in [0.25, 0.3) is 0 Å². The third-order valence-corrected chi connectivity index (χ3v) is 6.72. The van der Waals surface area contributed by atoms with Crippen molar-refractivity contribution >= 4 is 17.2 Å². The van der Waals surface area contributed by atoms with E-state index in [1.165, 1.54) is 32.2 Å². The lowest BCUT2D eigenvalue weighted by Crippen LogP contribution is -2.45. The minimum Gasteiger partial charge on any atom is -0.348 e. The molecule has 0 bridgehead atoms. The van der Waals surface area contributed by atoms with Gasteiger partial charge >= 0.3 is 0 Å². The molecule has 2 heterocycles.